The summed E-state index contributed by atoms with van der Waals surface area (Å²) < 4.78 is 1.72. The summed E-state index contributed by atoms with van der Waals surface area (Å²) >= 11 is 0. The Balaban J connectivity index is 2.00. The molecule has 0 saturated heterocycles. The third kappa shape index (κ3) is 4.62. The second-order valence-electron chi connectivity index (χ2n) is 7.56. The molecular weight excluding hydrogens is 356 g/mol. The molecular formula is C21H22N4O3. The smallest absolute Gasteiger partial charge is 0.269 e. The second kappa shape index (κ2) is 7.64. The molecule has 0 atom stereocenters. The molecule has 1 amide bonds. The van der Waals surface area contributed by atoms with Crippen LogP contribution < -0.4 is 5.32 Å². The molecule has 144 valence electrons. The second-order valence-corrected chi connectivity index (χ2v) is 7.56. The molecule has 3 rings (SSSR count). The lowest BCUT2D eigenvalue weighted by molar-refractivity contribution is -0.384. The van der Waals surface area contributed by atoms with Gasteiger partial charge in [-0.2, -0.15) is 5.10 Å². The first-order chi connectivity index (χ1) is 13.2. The summed E-state index contributed by atoms with van der Waals surface area (Å²) in [6.45, 7) is 5.78. The lowest BCUT2D eigenvalue weighted by Gasteiger charge is -2.20. The summed E-state index contributed by atoms with van der Waals surface area (Å²) in [7, 11) is 0. The molecule has 1 N–H and O–H groups in total. The van der Waals surface area contributed by atoms with E-state index in [2.05, 4.69) is 10.4 Å². The zero-order valence-corrected chi connectivity index (χ0v) is 16.0. The van der Waals surface area contributed by atoms with Crippen molar-refractivity contribution in [3.05, 3.63) is 76.5 Å². The summed E-state index contributed by atoms with van der Waals surface area (Å²) in [6, 6.07) is 15.8. The number of para-hydroxylation sites is 1. The number of benzene rings is 2. The van der Waals surface area contributed by atoms with Crippen molar-refractivity contribution in [3.63, 3.8) is 0 Å². The van der Waals surface area contributed by atoms with Crippen LogP contribution in [0.3, 0.4) is 0 Å². The first-order valence-corrected chi connectivity index (χ1v) is 8.93. The number of nitro groups is 1. The van der Waals surface area contributed by atoms with Gasteiger partial charge in [0, 0.05) is 35.0 Å². The predicted octanol–water partition coefficient (Wildman–Crippen LogP) is 3.90. The van der Waals surface area contributed by atoms with Gasteiger partial charge >= 0.3 is 0 Å². The molecule has 28 heavy (non-hydrogen) atoms. The Morgan fingerprint density at radius 1 is 1.11 bits per heavy atom. The third-order valence-electron chi connectivity index (χ3n) is 4.03. The van der Waals surface area contributed by atoms with Gasteiger partial charge in [0.1, 0.15) is 0 Å². The monoisotopic (exact) mass is 378 g/mol. The van der Waals surface area contributed by atoms with Crippen molar-refractivity contribution < 1.29 is 9.72 Å². The molecule has 0 aliphatic carbocycles. The molecule has 0 radical (unpaired) electrons. The van der Waals surface area contributed by atoms with Crippen molar-refractivity contribution in [1.29, 1.82) is 0 Å². The van der Waals surface area contributed by atoms with Crippen LogP contribution in [-0.2, 0) is 11.2 Å². The van der Waals surface area contributed by atoms with E-state index >= 15 is 0 Å². The summed E-state index contributed by atoms with van der Waals surface area (Å²) in [5.41, 5.74) is 2.65. The lowest BCUT2D eigenvalue weighted by Crippen LogP contribution is -2.41. The van der Waals surface area contributed by atoms with E-state index in [1.807, 2.05) is 57.3 Å². The van der Waals surface area contributed by atoms with E-state index in [4.69, 9.17) is 0 Å². The summed E-state index contributed by atoms with van der Waals surface area (Å²) in [5, 5.41) is 18.5. The molecule has 0 saturated carbocycles. The van der Waals surface area contributed by atoms with Gasteiger partial charge in [-0.25, -0.2) is 4.68 Å². The number of aromatic nitrogens is 2. The molecule has 1 aromatic heterocycles. The Bertz CT molecular complexity index is 987. The van der Waals surface area contributed by atoms with Crippen molar-refractivity contribution in [3.8, 4) is 16.9 Å². The quantitative estimate of drug-likeness (QED) is 0.538. The number of carbonyl (C=O) groups is 1. The highest BCUT2D eigenvalue weighted by molar-refractivity contribution is 5.81. The zero-order valence-electron chi connectivity index (χ0n) is 16.0. The Labute approximate surface area is 163 Å². The van der Waals surface area contributed by atoms with Crippen LogP contribution in [0, 0.1) is 10.1 Å². The lowest BCUT2D eigenvalue weighted by atomic mass is 10.0. The fourth-order valence-corrected chi connectivity index (χ4v) is 2.87. The van der Waals surface area contributed by atoms with Crippen molar-refractivity contribution in [2.24, 2.45) is 0 Å². The van der Waals surface area contributed by atoms with Crippen molar-refractivity contribution >= 4 is 11.6 Å². The predicted molar refractivity (Wildman–Crippen MR) is 107 cm³/mol. The van der Waals surface area contributed by atoms with Crippen molar-refractivity contribution in [2.75, 3.05) is 0 Å². The first kappa shape index (κ1) is 19.3. The molecule has 2 aromatic carbocycles. The van der Waals surface area contributed by atoms with E-state index in [1.54, 1.807) is 16.8 Å². The Hall–Kier alpha value is -3.48. The van der Waals surface area contributed by atoms with Gasteiger partial charge in [0.15, 0.2) is 0 Å². The standard InChI is InChI=1S/C21H22N4O3/c1-21(2,3)22-19(26)13-16-14-24(17-7-5-4-6-8-17)23-20(16)15-9-11-18(12-10-15)25(27)28/h4-12,14H,13H2,1-3H3,(H,22,26). The van der Waals surface area contributed by atoms with Gasteiger partial charge in [0.05, 0.1) is 22.7 Å². The average Bonchev–Trinajstić information content (AvgIpc) is 3.04. The molecule has 0 aliphatic heterocycles. The molecule has 7 nitrogen and oxygen atoms in total. The number of nitrogens with zero attached hydrogens (tertiary/aromatic N) is 3. The van der Waals surface area contributed by atoms with Crippen LogP contribution in [0.15, 0.2) is 60.8 Å². The molecule has 0 bridgehead atoms. The summed E-state index contributed by atoms with van der Waals surface area (Å²) in [4.78, 5) is 22.9. The van der Waals surface area contributed by atoms with Crippen LogP contribution in [0.1, 0.15) is 26.3 Å². The van der Waals surface area contributed by atoms with Gasteiger partial charge in [0.25, 0.3) is 5.69 Å². The third-order valence-corrected chi connectivity index (χ3v) is 4.03. The van der Waals surface area contributed by atoms with E-state index in [0.717, 1.165) is 16.8 Å². The van der Waals surface area contributed by atoms with Crippen LogP contribution in [0.4, 0.5) is 5.69 Å². The molecule has 0 aliphatic rings. The van der Waals surface area contributed by atoms with Gasteiger partial charge in [-0.1, -0.05) is 18.2 Å². The van der Waals surface area contributed by atoms with Gasteiger partial charge in [-0.3, -0.25) is 14.9 Å². The van der Waals surface area contributed by atoms with Gasteiger partial charge in [-0.15, -0.1) is 0 Å². The van der Waals surface area contributed by atoms with Crippen molar-refractivity contribution in [2.45, 2.75) is 32.7 Å². The number of amides is 1. The van der Waals surface area contributed by atoms with Gasteiger partial charge in [-0.05, 0) is 45.0 Å². The average molecular weight is 378 g/mol. The molecule has 0 spiro atoms. The van der Waals surface area contributed by atoms with Gasteiger partial charge < -0.3 is 5.32 Å². The van der Waals surface area contributed by atoms with Crippen LogP contribution in [0.5, 0.6) is 0 Å². The van der Waals surface area contributed by atoms with Gasteiger partial charge in [0.2, 0.25) is 5.91 Å². The van der Waals surface area contributed by atoms with E-state index in [1.165, 1.54) is 12.1 Å². The first-order valence-electron chi connectivity index (χ1n) is 8.93. The van der Waals surface area contributed by atoms with E-state index < -0.39 is 4.92 Å². The fraction of sp³-hybridized carbons (Fsp3) is 0.238. The minimum atomic E-state index is -0.440. The minimum absolute atomic E-state index is 0.0123. The largest absolute Gasteiger partial charge is 0.351 e. The van der Waals surface area contributed by atoms with Crippen LogP contribution in [-0.4, -0.2) is 26.1 Å². The van der Waals surface area contributed by atoms with Crippen LogP contribution in [0.25, 0.3) is 16.9 Å². The number of hydrogen-bond acceptors (Lipinski definition) is 4. The van der Waals surface area contributed by atoms with Crippen molar-refractivity contribution in [1.82, 2.24) is 15.1 Å². The number of nitro benzene ring substituents is 1. The summed E-state index contributed by atoms with van der Waals surface area (Å²) in [5.74, 6) is -0.108. The molecule has 0 fully saturated rings. The Kier molecular flexibility index (Phi) is 5.26. The zero-order chi connectivity index (χ0) is 20.3. The molecule has 3 aromatic rings. The van der Waals surface area contributed by atoms with Crippen LogP contribution in [0.2, 0.25) is 0 Å². The Morgan fingerprint density at radius 2 is 1.75 bits per heavy atom. The maximum atomic E-state index is 12.5. The number of carbonyl (C=O) groups excluding carboxylic acids is 1. The summed E-state index contributed by atoms with van der Waals surface area (Å²) in [6.07, 6.45) is 1.99. The Morgan fingerprint density at radius 3 is 2.32 bits per heavy atom. The topological polar surface area (TPSA) is 90.1 Å². The minimum Gasteiger partial charge on any atom is -0.351 e. The number of hydrogen-bond donors (Lipinski definition) is 1. The highest BCUT2D eigenvalue weighted by Crippen LogP contribution is 2.26. The molecule has 1 heterocycles. The van der Waals surface area contributed by atoms with E-state index in [9.17, 15) is 14.9 Å². The number of nitrogens with one attached hydrogen (secondary N) is 1. The SMILES string of the molecule is CC(C)(C)NC(=O)Cc1cn(-c2ccccc2)nc1-c1ccc([N+](=O)[O-])cc1. The van der Waals surface area contributed by atoms with Crippen LogP contribution >= 0.6 is 0 Å². The normalized spacial score (nSPS) is 11.2. The maximum Gasteiger partial charge on any atom is 0.269 e. The highest BCUT2D eigenvalue weighted by atomic mass is 16.6. The molecule has 7 heteroatoms. The fourth-order valence-electron chi connectivity index (χ4n) is 2.87. The number of rotatable bonds is 5. The number of non-ortho nitro benzene ring substituents is 1. The van der Waals surface area contributed by atoms with E-state index in [-0.39, 0.29) is 23.6 Å². The highest BCUT2D eigenvalue weighted by Gasteiger charge is 2.19. The van der Waals surface area contributed by atoms with E-state index in [0.29, 0.717) is 5.69 Å². The maximum absolute atomic E-state index is 12.5. The molecule has 0 unspecified atom stereocenters.